The van der Waals surface area contributed by atoms with E-state index in [1.54, 1.807) is 17.0 Å². The molecule has 2 saturated heterocycles. The number of hydrogen-bond donors (Lipinski definition) is 0. The van der Waals surface area contributed by atoms with Crippen LogP contribution in [0.4, 0.5) is 8.78 Å². The fourth-order valence-corrected chi connectivity index (χ4v) is 4.04. The van der Waals surface area contributed by atoms with Gasteiger partial charge in [-0.2, -0.15) is 0 Å². The van der Waals surface area contributed by atoms with Gasteiger partial charge in [-0.3, -0.25) is 4.79 Å². The molecule has 1 aromatic heterocycles. The first-order valence-corrected chi connectivity index (χ1v) is 8.41. The zero-order chi connectivity index (χ0) is 16.1. The van der Waals surface area contributed by atoms with Crippen LogP contribution in [0.3, 0.4) is 0 Å². The van der Waals surface area contributed by atoms with Gasteiger partial charge in [0.15, 0.2) is 0 Å². The summed E-state index contributed by atoms with van der Waals surface area (Å²) in [7, 11) is 0. The Morgan fingerprint density at radius 3 is 2.39 bits per heavy atom. The summed E-state index contributed by atoms with van der Waals surface area (Å²) in [4.78, 5) is 14.8. The maximum Gasteiger partial charge on any atom is 0.250 e. The Hall–Kier alpha value is -1.43. The minimum atomic E-state index is -2.68. The van der Waals surface area contributed by atoms with Crippen LogP contribution in [0.5, 0.6) is 0 Å². The number of ether oxygens (including phenoxy) is 1. The Kier molecular flexibility index (Phi) is 3.48. The maximum absolute atomic E-state index is 13.9. The zero-order valence-electron chi connectivity index (χ0n) is 13.1. The van der Waals surface area contributed by atoms with E-state index in [1.807, 2.05) is 17.0 Å². The molecule has 0 radical (unpaired) electrons. The first-order valence-electron chi connectivity index (χ1n) is 8.41. The number of hydrogen-bond acceptors (Lipinski definition) is 2. The minimum Gasteiger partial charge on any atom is -0.369 e. The molecule has 0 aromatic carbocycles. The number of carbonyl (C=O) groups is 1. The second-order valence-corrected chi connectivity index (χ2v) is 7.20. The smallest absolute Gasteiger partial charge is 0.250 e. The number of piperidine rings is 1. The minimum absolute atomic E-state index is 0.0240. The van der Waals surface area contributed by atoms with Gasteiger partial charge in [0.05, 0.1) is 24.2 Å². The van der Waals surface area contributed by atoms with Gasteiger partial charge in [0, 0.05) is 38.3 Å². The molecule has 1 amide bonds. The lowest BCUT2D eigenvalue weighted by Crippen LogP contribution is -2.48. The van der Waals surface area contributed by atoms with Crippen molar-refractivity contribution in [2.75, 3.05) is 19.7 Å². The van der Waals surface area contributed by atoms with E-state index in [2.05, 4.69) is 0 Å². The lowest BCUT2D eigenvalue weighted by Gasteiger charge is -2.40. The van der Waals surface area contributed by atoms with E-state index in [0.29, 0.717) is 13.1 Å². The third kappa shape index (κ3) is 2.89. The van der Waals surface area contributed by atoms with Gasteiger partial charge in [0.25, 0.3) is 0 Å². The molecule has 4 nitrogen and oxygen atoms in total. The summed E-state index contributed by atoms with van der Waals surface area (Å²) >= 11 is 0. The Labute approximate surface area is 134 Å². The van der Waals surface area contributed by atoms with Crippen LogP contribution in [0.25, 0.3) is 0 Å². The Morgan fingerprint density at radius 2 is 1.78 bits per heavy atom. The summed E-state index contributed by atoms with van der Waals surface area (Å²) in [6.07, 6.45) is 5.13. The van der Waals surface area contributed by atoms with Crippen LogP contribution in [0.2, 0.25) is 0 Å². The van der Waals surface area contributed by atoms with Gasteiger partial charge in [-0.25, -0.2) is 8.78 Å². The molecule has 2 atom stereocenters. The SMILES string of the molecule is O=C([C@@H]1CCC(F)(F)C[C@H]1n1cccc1)N1CCC2(CC1)CO2. The number of epoxide rings is 1. The molecule has 3 heterocycles. The third-order valence-corrected chi connectivity index (χ3v) is 5.66. The Morgan fingerprint density at radius 1 is 1.13 bits per heavy atom. The standard InChI is InChI=1S/C17H22F2N2O2/c18-17(19)4-3-13(14(11-17)20-7-1-2-8-20)15(22)21-9-5-16(6-10-21)12-23-16/h1-2,7-8,13-14H,3-6,9-12H2/t13-,14-/m1/s1. The summed E-state index contributed by atoms with van der Waals surface area (Å²) in [5.74, 6) is -3.00. The lowest BCUT2D eigenvalue weighted by molar-refractivity contribution is -0.144. The molecule has 1 saturated carbocycles. The van der Waals surface area contributed by atoms with E-state index in [1.165, 1.54) is 0 Å². The predicted octanol–water partition coefficient (Wildman–Crippen LogP) is 2.86. The van der Waals surface area contributed by atoms with Crippen molar-refractivity contribution in [2.24, 2.45) is 5.92 Å². The highest BCUT2D eigenvalue weighted by atomic mass is 19.3. The van der Waals surface area contributed by atoms with Crippen molar-refractivity contribution in [3.05, 3.63) is 24.5 Å². The summed E-state index contributed by atoms with van der Waals surface area (Å²) in [5.41, 5.74) is 0.0240. The van der Waals surface area contributed by atoms with Crippen LogP contribution in [0.15, 0.2) is 24.5 Å². The first-order chi connectivity index (χ1) is 11.0. The fourth-order valence-electron chi connectivity index (χ4n) is 4.04. The molecule has 1 aliphatic carbocycles. The second-order valence-electron chi connectivity index (χ2n) is 7.20. The Bertz CT molecular complexity index is 573. The lowest BCUT2D eigenvalue weighted by atomic mass is 9.80. The van der Waals surface area contributed by atoms with Crippen molar-refractivity contribution in [3.63, 3.8) is 0 Å². The maximum atomic E-state index is 13.9. The molecule has 0 bridgehead atoms. The number of nitrogens with zero attached hydrogens (tertiary/aromatic N) is 2. The third-order valence-electron chi connectivity index (χ3n) is 5.66. The molecule has 126 valence electrons. The van der Waals surface area contributed by atoms with Crippen molar-refractivity contribution >= 4 is 5.91 Å². The van der Waals surface area contributed by atoms with Gasteiger partial charge in [0.2, 0.25) is 11.8 Å². The first kappa shape index (κ1) is 15.1. The van der Waals surface area contributed by atoms with Gasteiger partial charge in [-0.15, -0.1) is 0 Å². The van der Waals surface area contributed by atoms with E-state index in [-0.39, 0.29) is 36.7 Å². The number of likely N-dealkylation sites (tertiary alicyclic amines) is 1. The monoisotopic (exact) mass is 324 g/mol. The van der Waals surface area contributed by atoms with E-state index < -0.39 is 12.0 Å². The molecule has 0 unspecified atom stereocenters. The van der Waals surface area contributed by atoms with E-state index in [4.69, 9.17) is 4.74 Å². The zero-order valence-corrected chi connectivity index (χ0v) is 13.1. The average molecular weight is 324 g/mol. The molecular weight excluding hydrogens is 302 g/mol. The number of rotatable bonds is 2. The number of alkyl halides is 2. The van der Waals surface area contributed by atoms with Crippen molar-refractivity contribution in [1.82, 2.24) is 9.47 Å². The van der Waals surface area contributed by atoms with Crippen molar-refractivity contribution in [3.8, 4) is 0 Å². The predicted molar refractivity (Wildman–Crippen MR) is 80.3 cm³/mol. The Balaban J connectivity index is 1.50. The van der Waals surface area contributed by atoms with Crippen molar-refractivity contribution < 1.29 is 18.3 Å². The van der Waals surface area contributed by atoms with Gasteiger partial charge >= 0.3 is 0 Å². The highest BCUT2D eigenvalue weighted by Gasteiger charge is 2.50. The highest BCUT2D eigenvalue weighted by molar-refractivity contribution is 5.79. The molecule has 23 heavy (non-hydrogen) atoms. The van der Waals surface area contributed by atoms with Crippen LogP contribution >= 0.6 is 0 Å². The normalized spacial score (nSPS) is 32.0. The summed E-state index contributed by atoms with van der Waals surface area (Å²) in [6, 6.07) is 3.20. The summed E-state index contributed by atoms with van der Waals surface area (Å²) < 4.78 is 35.0. The molecular formula is C17H22F2N2O2. The van der Waals surface area contributed by atoms with Crippen LogP contribution in [0, 0.1) is 5.92 Å². The average Bonchev–Trinajstić information content (AvgIpc) is 3.07. The van der Waals surface area contributed by atoms with Crippen molar-refractivity contribution in [2.45, 2.75) is 49.7 Å². The van der Waals surface area contributed by atoms with Gasteiger partial charge < -0.3 is 14.2 Å². The number of halogens is 2. The van der Waals surface area contributed by atoms with Crippen molar-refractivity contribution in [1.29, 1.82) is 0 Å². The molecule has 6 heteroatoms. The van der Waals surface area contributed by atoms with Gasteiger partial charge in [-0.05, 0) is 31.4 Å². The molecule has 2 aliphatic heterocycles. The fraction of sp³-hybridized carbons (Fsp3) is 0.706. The van der Waals surface area contributed by atoms with E-state index >= 15 is 0 Å². The van der Waals surface area contributed by atoms with Crippen LogP contribution in [0.1, 0.15) is 38.1 Å². The number of aromatic nitrogens is 1. The van der Waals surface area contributed by atoms with Crippen LogP contribution < -0.4 is 0 Å². The van der Waals surface area contributed by atoms with Crippen LogP contribution in [-0.4, -0.2) is 46.6 Å². The van der Waals surface area contributed by atoms with Crippen LogP contribution in [-0.2, 0) is 9.53 Å². The quantitative estimate of drug-likeness (QED) is 0.785. The molecule has 1 spiro atoms. The molecule has 3 fully saturated rings. The highest BCUT2D eigenvalue weighted by Crippen LogP contribution is 2.44. The number of carbonyl (C=O) groups excluding carboxylic acids is 1. The molecule has 1 aromatic rings. The second kappa shape index (κ2) is 5.30. The molecule has 0 N–H and O–H groups in total. The van der Waals surface area contributed by atoms with Gasteiger partial charge in [-0.1, -0.05) is 0 Å². The summed E-state index contributed by atoms with van der Waals surface area (Å²) in [6.45, 7) is 2.17. The molecule has 4 rings (SSSR count). The summed E-state index contributed by atoms with van der Waals surface area (Å²) in [5, 5.41) is 0. The largest absolute Gasteiger partial charge is 0.369 e. The number of amides is 1. The molecule has 3 aliphatic rings. The van der Waals surface area contributed by atoms with E-state index in [0.717, 1.165) is 19.4 Å². The van der Waals surface area contributed by atoms with Gasteiger partial charge in [0.1, 0.15) is 0 Å². The van der Waals surface area contributed by atoms with E-state index in [9.17, 15) is 13.6 Å². The topological polar surface area (TPSA) is 37.8 Å².